The minimum atomic E-state index is -0.546. The number of hydrogen-bond donors (Lipinski definition) is 1. The molecule has 1 aromatic heterocycles. The van der Waals surface area contributed by atoms with E-state index in [1.807, 2.05) is 44.2 Å². The molecule has 21 heavy (non-hydrogen) atoms. The lowest BCUT2D eigenvalue weighted by Gasteiger charge is -2.15. The smallest absolute Gasteiger partial charge is 0.261 e. The zero-order valence-electron chi connectivity index (χ0n) is 12.6. The number of carbonyl (C=O) groups excluding carboxylic acids is 1. The van der Waals surface area contributed by atoms with E-state index in [0.717, 1.165) is 16.8 Å². The van der Waals surface area contributed by atoms with Gasteiger partial charge in [0.1, 0.15) is 5.75 Å². The van der Waals surface area contributed by atoms with Crippen LogP contribution in [-0.4, -0.2) is 17.0 Å². The van der Waals surface area contributed by atoms with Crippen molar-refractivity contribution >= 4 is 5.91 Å². The molecule has 1 heterocycles. The van der Waals surface area contributed by atoms with Crippen molar-refractivity contribution in [2.24, 2.45) is 0 Å². The highest BCUT2D eigenvalue weighted by atomic mass is 16.5. The highest BCUT2D eigenvalue weighted by Gasteiger charge is 2.14. The third kappa shape index (κ3) is 4.60. The number of aromatic nitrogens is 1. The quantitative estimate of drug-likeness (QED) is 0.918. The molecule has 0 bridgehead atoms. The zero-order chi connectivity index (χ0) is 15.2. The molecule has 110 valence electrons. The lowest BCUT2D eigenvalue weighted by molar-refractivity contribution is -0.127. The van der Waals surface area contributed by atoms with Gasteiger partial charge in [0.15, 0.2) is 6.10 Å². The molecule has 1 atom stereocenters. The third-order valence-electron chi connectivity index (χ3n) is 3.05. The third-order valence-corrected chi connectivity index (χ3v) is 3.05. The molecule has 4 nitrogen and oxygen atoms in total. The number of aryl methyl sites for hydroxylation is 2. The van der Waals surface area contributed by atoms with Crippen LogP contribution >= 0.6 is 0 Å². The van der Waals surface area contributed by atoms with Crippen LogP contribution in [0.5, 0.6) is 5.75 Å². The summed E-state index contributed by atoms with van der Waals surface area (Å²) in [6.45, 7) is 6.16. The Kier molecular flexibility index (Phi) is 4.93. The second-order valence-electron chi connectivity index (χ2n) is 5.12. The molecule has 0 aliphatic rings. The van der Waals surface area contributed by atoms with Crippen molar-refractivity contribution in [1.82, 2.24) is 10.3 Å². The molecule has 0 spiro atoms. The van der Waals surface area contributed by atoms with Gasteiger partial charge in [0.2, 0.25) is 0 Å². The normalized spacial score (nSPS) is 11.8. The van der Waals surface area contributed by atoms with Crippen LogP contribution in [0.3, 0.4) is 0 Å². The highest BCUT2D eigenvalue weighted by molar-refractivity contribution is 5.80. The van der Waals surface area contributed by atoms with Crippen molar-refractivity contribution in [3.8, 4) is 5.75 Å². The van der Waals surface area contributed by atoms with Crippen LogP contribution in [0.4, 0.5) is 0 Å². The predicted molar refractivity (Wildman–Crippen MR) is 82.1 cm³/mol. The van der Waals surface area contributed by atoms with Crippen molar-refractivity contribution in [3.05, 3.63) is 59.4 Å². The number of pyridine rings is 1. The van der Waals surface area contributed by atoms with Crippen LogP contribution < -0.4 is 10.1 Å². The van der Waals surface area contributed by atoms with Crippen LogP contribution in [0.15, 0.2) is 42.6 Å². The van der Waals surface area contributed by atoms with E-state index < -0.39 is 6.10 Å². The molecule has 1 aromatic carbocycles. The first-order valence-electron chi connectivity index (χ1n) is 6.97. The number of ether oxygens (including phenoxy) is 1. The monoisotopic (exact) mass is 284 g/mol. The van der Waals surface area contributed by atoms with E-state index in [1.165, 1.54) is 0 Å². The molecule has 2 rings (SSSR count). The van der Waals surface area contributed by atoms with Gasteiger partial charge in [-0.3, -0.25) is 9.78 Å². The topological polar surface area (TPSA) is 51.2 Å². The molecular weight excluding hydrogens is 264 g/mol. The maximum absolute atomic E-state index is 12.0. The molecule has 0 fully saturated rings. The van der Waals surface area contributed by atoms with Crippen LogP contribution in [0.1, 0.15) is 23.7 Å². The summed E-state index contributed by atoms with van der Waals surface area (Å²) >= 11 is 0. The Morgan fingerprint density at radius 3 is 2.57 bits per heavy atom. The maximum atomic E-state index is 12.0. The van der Waals surface area contributed by atoms with E-state index in [2.05, 4.69) is 16.4 Å². The lowest BCUT2D eigenvalue weighted by atomic mass is 10.1. The second kappa shape index (κ2) is 6.88. The van der Waals surface area contributed by atoms with Gasteiger partial charge >= 0.3 is 0 Å². The van der Waals surface area contributed by atoms with Gasteiger partial charge in [-0.1, -0.05) is 12.1 Å². The van der Waals surface area contributed by atoms with Gasteiger partial charge in [-0.25, -0.2) is 0 Å². The fourth-order valence-corrected chi connectivity index (χ4v) is 2.08. The van der Waals surface area contributed by atoms with Gasteiger partial charge in [0.05, 0.1) is 12.2 Å². The van der Waals surface area contributed by atoms with Crippen LogP contribution in [0.2, 0.25) is 0 Å². The number of benzene rings is 1. The van der Waals surface area contributed by atoms with E-state index >= 15 is 0 Å². The molecule has 2 aromatic rings. The largest absolute Gasteiger partial charge is 0.481 e. The van der Waals surface area contributed by atoms with Crippen molar-refractivity contribution in [2.45, 2.75) is 33.4 Å². The lowest BCUT2D eigenvalue weighted by Crippen LogP contribution is -2.36. The summed E-state index contributed by atoms with van der Waals surface area (Å²) in [5.74, 6) is 0.563. The molecule has 1 amide bonds. The Balaban J connectivity index is 1.90. The van der Waals surface area contributed by atoms with E-state index in [0.29, 0.717) is 12.3 Å². The summed E-state index contributed by atoms with van der Waals surface area (Å²) in [5, 5.41) is 2.82. The van der Waals surface area contributed by atoms with E-state index in [9.17, 15) is 4.79 Å². The Bertz CT molecular complexity index is 591. The van der Waals surface area contributed by atoms with Crippen LogP contribution in [-0.2, 0) is 11.3 Å². The summed E-state index contributed by atoms with van der Waals surface area (Å²) in [4.78, 5) is 16.2. The van der Waals surface area contributed by atoms with Crippen molar-refractivity contribution < 1.29 is 9.53 Å². The Labute approximate surface area is 125 Å². The standard InChI is InChI=1S/C17H20N2O2/c1-12-8-13(2)10-16(9-12)21-14(3)17(20)19-11-15-6-4-5-7-18-15/h4-10,14H,11H2,1-3H3,(H,19,20). The molecule has 0 aliphatic carbocycles. The number of hydrogen-bond acceptors (Lipinski definition) is 3. The second-order valence-corrected chi connectivity index (χ2v) is 5.12. The van der Waals surface area contributed by atoms with Gasteiger partial charge in [-0.15, -0.1) is 0 Å². The summed E-state index contributed by atoms with van der Waals surface area (Å²) < 4.78 is 5.69. The zero-order valence-corrected chi connectivity index (χ0v) is 12.6. The molecule has 0 saturated carbocycles. The van der Waals surface area contributed by atoms with E-state index in [1.54, 1.807) is 13.1 Å². The van der Waals surface area contributed by atoms with Gasteiger partial charge in [0.25, 0.3) is 5.91 Å². The molecular formula is C17H20N2O2. The molecule has 4 heteroatoms. The van der Waals surface area contributed by atoms with E-state index in [-0.39, 0.29) is 5.91 Å². The number of amides is 1. The Hall–Kier alpha value is -2.36. The Morgan fingerprint density at radius 2 is 1.95 bits per heavy atom. The van der Waals surface area contributed by atoms with Crippen molar-refractivity contribution in [1.29, 1.82) is 0 Å². The SMILES string of the molecule is Cc1cc(C)cc(OC(C)C(=O)NCc2ccccn2)c1. The summed E-state index contributed by atoms with van der Waals surface area (Å²) in [7, 11) is 0. The number of nitrogens with zero attached hydrogens (tertiary/aromatic N) is 1. The van der Waals surface area contributed by atoms with E-state index in [4.69, 9.17) is 4.74 Å². The molecule has 1 N–H and O–H groups in total. The fourth-order valence-electron chi connectivity index (χ4n) is 2.08. The fraction of sp³-hybridized carbons (Fsp3) is 0.294. The predicted octanol–water partition coefficient (Wildman–Crippen LogP) is 2.78. The molecule has 1 unspecified atom stereocenters. The van der Waals surface area contributed by atoms with Gasteiger partial charge in [-0.05, 0) is 56.2 Å². The number of nitrogens with one attached hydrogen (secondary N) is 1. The highest BCUT2D eigenvalue weighted by Crippen LogP contribution is 2.17. The average molecular weight is 284 g/mol. The Morgan fingerprint density at radius 1 is 1.24 bits per heavy atom. The number of carbonyl (C=O) groups is 1. The summed E-state index contributed by atoms with van der Waals surface area (Å²) in [5.41, 5.74) is 3.06. The first-order chi connectivity index (χ1) is 10.0. The summed E-state index contributed by atoms with van der Waals surface area (Å²) in [6, 6.07) is 11.5. The average Bonchev–Trinajstić information content (AvgIpc) is 2.44. The molecule has 0 radical (unpaired) electrons. The van der Waals surface area contributed by atoms with Gasteiger partial charge in [0, 0.05) is 6.20 Å². The van der Waals surface area contributed by atoms with Gasteiger partial charge < -0.3 is 10.1 Å². The van der Waals surface area contributed by atoms with Gasteiger partial charge in [-0.2, -0.15) is 0 Å². The van der Waals surface area contributed by atoms with Crippen molar-refractivity contribution in [3.63, 3.8) is 0 Å². The minimum Gasteiger partial charge on any atom is -0.481 e. The maximum Gasteiger partial charge on any atom is 0.261 e. The molecule has 0 aliphatic heterocycles. The molecule has 0 saturated heterocycles. The van der Waals surface area contributed by atoms with Crippen LogP contribution in [0.25, 0.3) is 0 Å². The van der Waals surface area contributed by atoms with Crippen LogP contribution in [0, 0.1) is 13.8 Å². The van der Waals surface area contributed by atoms with Crippen molar-refractivity contribution in [2.75, 3.05) is 0 Å². The summed E-state index contributed by atoms with van der Waals surface area (Å²) in [6.07, 6.45) is 1.16. The minimum absolute atomic E-state index is 0.153. The first-order valence-corrected chi connectivity index (χ1v) is 6.97. The number of rotatable bonds is 5. The first kappa shape index (κ1) is 15.0.